The standard InChI is InChI=1S/C20H31N3O2/c1-4-7-8-15-21-18(24)20(13-14-20)19(25)22-16-9-11-17(12-10-16)23(5-2)6-3/h9-12H,4-8,13-15H2,1-3H3,(H,21,24)(H,22,25). The largest absolute Gasteiger partial charge is 0.372 e. The van der Waals surface area contributed by atoms with Crippen molar-refractivity contribution in [2.24, 2.45) is 5.41 Å². The number of nitrogens with zero attached hydrogens (tertiary/aromatic N) is 1. The molecule has 1 aromatic rings. The van der Waals surface area contributed by atoms with Crippen molar-refractivity contribution in [3.8, 4) is 0 Å². The van der Waals surface area contributed by atoms with Crippen LogP contribution < -0.4 is 15.5 Å². The SMILES string of the molecule is CCCCCNC(=O)C1(C(=O)Nc2ccc(N(CC)CC)cc2)CC1. The van der Waals surface area contributed by atoms with Crippen LogP contribution in [-0.2, 0) is 9.59 Å². The Morgan fingerprint density at radius 1 is 1.00 bits per heavy atom. The number of nitrogens with one attached hydrogen (secondary N) is 2. The quantitative estimate of drug-likeness (QED) is 0.503. The van der Waals surface area contributed by atoms with Crippen molar-refractivity contribution >= 4 is 23.2 Å². The second-order valence-electron chi connectivity index (χ2n) is 6.72. The first kappa shape index (κ1) is 19.3. The maximum absolute atomic E-state index is 12.6. The molecular formula is C20H31N3O2. The summed E-state index contributed by atoms with van der Waals surface area (Å²) >= 11 is 0. The molecule has 0 unspecified atom stereocenters. The van der Waals surface area contributed by atoms with E-state index in [1.54, 1.807) is 0 Å². The maximum atomic E-state index is 12.6. The van der Waals surface area contributed by atoms with E-state index >= 15 is 0 Å². The Kier molecular flexibility index (Phi) is 6.85. The number of carbonyl (C=O) groups is 2. The van der Waals surface area contributed by atoms with Crippen LogP contribution in [0.5, 0.6) is 0 Å². The van der Waals surface area contributed by atoms with Crippen LogP contribution in [0.1, 0.15) is 52.9 Å². The normalized spacial score (nSPS) is 14.7. The van der Waals surface area contributed by atoms with Crippen LogP contribution in [0.25, 0.3) is 0 Å². The Bertz CT molecular complexity index is 575. The van der Waals surface area contributed by atoms with Gasteiger partial charge in [-0.2, -0.15) is 0 Å². The molecule has 0 spiro atoms. The van der Waals surface area contributed by atoms with Crippen molar-refractivity contribution in [3.05, 3.63) is 24.3 Å². The van der Waals surface area contributed by atoms with Gasteiger partial charge in [0.1, 0.15) is 5.41 Å². The van der Waals surface area contributed by atoms with Crippen molar-refractivity contribution in [3.63, 3.8) is 0 Å². The summed E-state index contributed by atoms with van der Waals surface area (Å²) in [6.07, 6.45) is 4.45. The number of hydrogen-bond acceptors (Lipinski definition) is 3. The highest BCUT2D eigenvalue weighted by molar-refractivity contribution is 6.13. The number of amides is 2. The van der Waals surface area contributed by atoms with E-state index in [2.05, 4.69) is 36.3 Å². The number of benzene rings is 1. The summed E-state index contributed by atoms with van der Waals surface area (Å²) < 4.78 is 0. The fraction of sp³-hybridized carbons (Fsp3) is 0.600. The van der Waals surface area contributed by atoms with Crippen LogP contribution in [0, 0.1) is 5.41 Å². The number of unbranched alkanes of at least 4 members (excludes halogenated alkanes) is 2. The van der Waals surface area contributed by atoms with E-state index in [4.69, 9.17) is 0 Å². The van der Waals surface area contributed by atoms with Crippen molar-refractivity contribution < 1.29 is 9.59 Å². The Hall–Kier alpha value is -2.04. The molecule has 0 radical (unpaired) electrons. The third kappa shape index (κ3) is 4.74. The van der Waals surface area contributed by atoms with Crippen LogP contribution in [0.3, 0.4) is 0 Å². The molecule has 5 heteroatoms. The number of hydrogen-bond donors (Lipinski definition) is 2. The zero-order chi connectivity index (χ0) is 18.3. The summed E-state index contributed by atoms with van der Waals surface area (Å²) in [6.45, 7) is 8.92. The van der Waals surface area contributed by atoms with Gasteiger partial charge in [-0.3, -0.25) is 9.59 Å². The van der Waals surface area contributed by atoms with Crippen LogP contribution in [-0.4, -0.2) is 31.4 Å². The molecule has 1 fully saturated rings. The highest BCUT2D eigenvalue weighted by atomic mass is 16.2. The van der Waals surface area contributed by atoms with Gasteiger partial charge in [-0.25, -0.2) is 0 Å². The minimum atomic E-state index is -0.857. The molecule has 0 saturated heterocycles. The summed E-state index contributed by atoms with van der Waals surface area (Å²) in [6, 6.07) is 7.82. The van der Waals surface area contributed by atoms with E-state index in [1.165, 1.54) is 0 Å². The van der Waals surface area contributed by atoms with Crippen LogP contribution >= 0.6 is 0 Å². The molecular weight excluding hydrogens is 314 g/mol. The number of anilines is 2. The molecule has 1 aliphatic rings. The highest BCUT2D eigenvalue weighted by Gasteiger charge is 2.56. The fourth-order valence-corrected chi connectivity index (χ4v) is 3.02. The average molecular weight is 345 g/mol. The predicted octanol–water partition coefficient (Wildman–Crippen LogP) is 3.56. The molecule has 0 aromatic heterocycles. The first-order valence-electron chi connectivity index (χ1n) is 9.52. The molecule has 1 saturated carbocycles. The molecule has 0 aliphatic heterocycles. The molecule has 25 heavy (non-hydrogen) atoms. The van der Waals surface area contributed by atoms with E-state index < -0.39 is 5.41 Å². The molecule has 2 rings (SSSR count). The van der Waals surface area contributed by atoms with Crippen molar-refractivity contribution in [1.29, 1.82) is 0 Å². The van der Waals surface area contributed by atoms with Gasteiger partial charge in [0, 0.05) is 31.0 Å². The third-order valence-corrected chi connectivity index (χ3v) is 4.94. The Morgan fingerprint density at radius 2 is 1.64 bits per heavy atom. The first-order valence-corrected chi connectivity index (χ1v) is 9.52. The van der Waals surface area contributed by atoms with Crippen molar-refractivity contribution in [2.75, 3.05) is 29.9 Å². The van der Waals surface area contributed by atoms with Crippen molar-refractivity contribution in [1.82, 2.24) is 5.32 Å². The van der Waals surface area contributed by atoms with E-state index in [1.807, 2.05) is 24.3 Å². The molecule has 0 bridgehead atoms. The lowest BCUT2D eigenvalue weighted by Gasteiger charge is -2.21. The summed E-state index contributed by atoms with van der Waals surface area (Å²) in [7, 11) is 0. The van der Waals surface area contributed by atoms with Crippen LogP contribution in [0.2, 0.25) is 0 Å². The van der Waals surface area contributed by atoms with E-state index in [0.29, 0.717) is 19.4 Å². The molecule has 5 nitrogen and oxygen atoms in total. The second-order valence-corrected chi connectivity index (χ2v) is 6.72. The Labute approximate surface area is 151 Å². The predicted molar refractivity (Wildman–Crippen MR) is 103 cm³/mol. The monoisotopic (exact) mass is 345 g/mol. The van der Waals surface area contributed by atoms with Gasteiger partial charge in [0.25, 0.3) is 0 Å². The minimum Gasteiger partial charge on any atom is -0.372 e. The molecule has 0 atom stereocenters. The third-order valence-electron chi connectivity index (χ3n) is 4.94. The lowest BCUT2D eigenvalue weighted by atomic mass is 10.0. The maximum Gasteiger partial charge on any atom is 0.240 e. The Morgan fingerprint density at radius 3 is 2.16 bits per heavy atom. The molecule has 1 aromatic carbocycles. The first-order chi connectivity index (χ1) is 12.1. The van der Waals surface area contributed by atoms with E-state index in [9.17, 15) is 9.59 Å². The van der Waals surface area contributed by atoms with E-state index in [-0.39, 0.29) is 11.8 Å². The molecule has 2 amide bonds. The minimum absolute atomic E-state index is 0.124. The van der Waals surface area contributed by atoms with Crippen molar-refractivity contribution in [2.45, 2.75) is 52.9 Å². The smallest absolute Gasteiger partial charge is 0.240 e. The number of rotatable bonds is 10. The number of carbonyl (C=O) groups excluding carboxylic acids is 2. The lowest BCUT2D eigenvalue weighted by molar-refractivity contribution is -0.134. The van der Waals surface area contributed by atoms with Gasteiger partial charge >= 0.3 is 0 Å². The van der Waals surface area contributed by atoms with Gasteiger partial charge in [-0.05, 0) is 57.4 Å². The van der Waals surface area contributed by atoms with Crippen LogP contribution in [0.15, 0.2) is 24.3 Å². The van der Waals surface area contributed by atoms with E-state index in [0.717, 1.165) is 43.7 Å². The van der Waals surface area contributed by atoms with Gasteiger partial charge in [0.2, 0.25) is 11.8 Å². The summed E-state index contributed by atoms with van der Waals surface area (Å²) in [5.41, 5.74) is 1.02. The van der Waals surface area contributed by atoms with Gasteiger partial charge < -0.3 is 15.5 Å². The average Bonchev–Trinajstić information content (AvgIpc) is 3.43. The summed E-state index contributed by atoms with van der Waals surface area (Å²) in [4.78, 5) is 27.2. The Balaban J connectivity index is 1.91. The molecule has 1 aliphatic carbocycles. The lowest BCUT2D eigenvalue weighted by Crippen LogP contribution is -2.40. The zero-order valence-electron chi connectivity index (χ0n) is 15.7. The second kappa shape index (κ2) is 8.88. The van der Waals surface area contributed by atoms with Crippen LogP contribution in [0.4, 0.5) is 11.4 Å². The molecule has 2 N–H and O–H groups in total. The summed E-state index contributed by atoms with van der Waals surface area (Å²) in [5, 5.41) is 5.83. The topological polar surface area (TPSA) is 61.4 Å². The fourth-order valence-electron chi connectivity index (χ4n) is 3.02. The van der Waals surface area contributed by atoms with Gasteiger partial charge in [0.15, 0.2) is 0 Å². The molecule has 0 heterocycles. The summed E-state index contributed by atoms with van der Waals surface area (Å²) in [5.74, 6) is -0.308. The van der Waals surface area contributed by atoms with Gasteiger partial charge in [-0.1, -0.05) is 19.8 Å². The zero-order valence-corrected chi connectivity index (χ0v) is 15.7. The molecule has 138 valence electrons. The van der Waals surface area contributed by atoms with Gasteiger partial charge in [0.05, 0.1) is 0 Å². The van der Waals surface area contributed by atoms with Gasteiger partial charge in [-0.15, -0.1) is 0 Å². The highest BCUT2D eigenvalue weighted by Crippen LogP contribution is 2.46.